The summed E-state index contributed by atoms with van der Waals surface area (Å²) in [6, 6.07) is 4.46. The van der Waals surface area contributed by atoms with E-state index in [1.807, 2.05) is 33.9 Å². The fraction of sp³-hybridized carbons (Fsp3) is 0.688. The quantitative estimate of drug-likeness (QED) is 0.838. The molecule has 2 fully saturated rings. The smallest absolute Gasteiger partial charge is 0.399 e. The topological polar surface area (TPSA) is 110 Å². The minimum atomic E-state index is -0.588. The first-order valence-corrected chi connectivity index (χ1v) is 8.12. The van der Waals surface area contributed by atoms with E-state index in [0.717, 1.165) is 0 Å². The van der Waals surface area contributed by atoms with Crippen LogP contribution < -0.4 is 11.2 Å². The third kappa shape index (κ3) is 2.38. The third-order valence-electron chi connectivity index (χ3n) is 5.61. The lowest BCUT2D eigenvalue weighted by atomic mass is 9.67. The number of nitriles is 2. The Balaban J connectivity index is 1.89. The molecular formula is C16H22BN5O2. The zero-order valence-electron chi connectivity index (χ0n) is 14.5. The Morgan fingerprint density at radius 2 is 1.88 bits per heavy atom. The van der Waals surface area contributed by atoms with Gasteiger partial charge in [0.05, 0.1) is 41.2 Å². The second-order valence-corrected chi connectivity index (χ2v) is 7.80. The molecule has 1 aromatic heterocycles. The molecule has 0 amide bonds. The first kappa shape index (κ1) is 16.8. The first-order valence-electron chi connectivity index (χ1n) is 8.12. The number of rotatable bonds is 3. The molecule has 1 aliphatic heterocycles. The van der Waals surface area contributed by atoms with Crippen molar-refractivity contribution in [2.24, 2.45) is 5.92 Å². The van der Waals surface area contributed by atoms with Gasteiger partial charge in [-0.2, -0.15) is 15.6 Å². The maximum absolute atomic E-state index is 9.16. The molecule has 0 spiro atoms. The van der Waals surface area contributed by atoms with Gasteiger partial charge in [-0.3, -0.25) is 4.68 Å². The van der Waals surface area contributed by atoms with Gasteiger partial charge in [0, 0.05) is 11.7 Å². The minimum Gasteiger partial charge on any atom is -0.399 e. The summed E-state index contributed by atoms with van der Waals surface area (Å²) in [6.07, 6.45) is 3.33. The van der Waals surface area contributed by atoms with Crippen LogP contribution >= 0.6 is 0 Å². The number of hydrogen-bond donors (Lipinski definition) is 1. The van der Waals surface area contributed by atoms with Gasteiger partial charge in [-0.1, -0.05) is 0 Å². The maximum Gasteiger partial charge on any atom is 0.500 e. The zero-order valence-corrected chi connectivity index (χ0v) is 14.5. The highest BCUT2D eigenvalue weighted by Gasteiger charge is 2.54. The molecule has 0 unspecified atom stereocenters. The molecule has 1 saturated heterocycles. The van der Waals surface area contributed by atoms with Crippen LogP contribution in [0.3, 0.4) is 0 Å². The number of nitrogens with two attached hydrogens (primary N) is 1. The van der Waals surface area contributed by atoms with Crippen molar-refractivity contribution in [2.75, 3.05) is 5.73 Å². The number of nitrogens with zero attached hydrogens (tertiary/aromatic N) is 4. The maximum atomic E-state index is 9.16. The van der Waals surface area contributed by atoms with Crippen LogP contribution in [-0.2, 0) is 14.8 Å². The summed E-state index contributed by atoms with van der Waals surface area (Å²) in [5, 5.41) is 22.6. The van der Waals surface area contributed by atoms with Crippen molar-refractivity contribution in [2.45, 2.75) is 63.7 Å². The molecule has 126 valence electrons. The molecule has 2 N–H and O–H groups in total. The van der Waals surface area contributed by atoms with E-state index in [4.69, 9.17) is 25.6 Å². The van der Waals surface area contributed by atoms with Crippen molar-refractivity contribution in [1.29, 1.82) is 10.5 Å². The third-order valence-corrected chi connectivity index (χ3v) is 5.61. The van der Waals surface area contributed by atoms with Crippen molar-refractivity contribution >= 4 is 18.4 Å². The lowest BCUT2D eigenvalue weighted by molar-refractivity contribution is 0.00578. The van der Waals surface area contributed by atoms with E-state index in [2.05, 4.69) is 17.2 Å². The van der Waals surface area contributed by atoms with Gasteiger partial charge in [-0.25, -0.2) is 0 Å². The van der Waals surface area contributed by atoms with Crippen LogP contribution in [0.4, 0.5) is 5.82 Å². The van der Waals surface area contributed by atoms with Crippen molar-refractivity contribution < 1.29 is 9.31 Å². The molecule has 8 heteroatoms. The SMILES string of the molecule is CC1(C)OB(c2cn(C3(CC#N)CC(C#N)C3)nc2N)OC1(C)C. The Morgan fingerprint density at radius 3 is 2.38 bits per heavy atom. The molecule has 1 aliphatic carbocycles. The van der Waals surface area contributed by atoms with Crippen LogP contribution in [0.1, 0.15) is 47.0 Å². The summed E-state index contributed by atoms with van der Waals surface area (Å²) in [5.41, 5.74) is 5.40. The average Bonchev–Trinajstić information content (AvgIpc) is 2.92. The van der Waals surface area contributed by atoms with Gasteiger partial charge >= 0.3 is 7.12 Å². The van der Waals surface area contributed by atoms with Gasteiger partial charge in [0.15, 0.2) is 0 Å². The van der Waals surface area contributed by atoms with Crippen LogP contribution in [0.2, 0.25) is 0 Å². The standard InChI is InChI=1S/C16H22BN5O2/c1-14(2)15(3,4)24-17(23-14)12-10-22(21-13(12)20)16(5-6-18)7-11(8-16)9-19/h10-11H,5,7-8H2,1-4H3,(H2,20,21). The van der Waals surface area contributed by atoms with Gasteiger partial charge in [0.25, 0.3) is 0 Å². The molecule has 7 nitrogen and oxygen atoms in total. The Bertz CT molecular complexity index is 721. The summed E-state index contributed by atoms with van der Waals surface area (Å²) in [7, 11) is -0.588. The van der Waals surface area contributed by atoms with Crippen LogP contribution in [-0.4, -0.2) is 28.1 Å². The highest BCUT2D eigenvalue weighted by atomic mass is 16.7. The Kier molecular flexibility index (Phi) is 3.67. The molecular weight excluding hydrogens is 305 g/mol. The first-order chi connectivity index (χ1) is 11.1. The Hall–Kier alpha value is -2.03. The molecule has 2 aliphatic rings. The molecule has 24 heavy (non-hydrogen) atoms. The van der Waals surface area contributed by atoms with E-state index in [0.29, 0.717) is 30.5 Å². The summed E-state index contributed by atoms with van der Waals surface area (Å²) in [6.45, 7) is 7.92. The molecule has 0 aromatic carbocycles. The summed E-state index contributed by atoms with van der Waals surface area (Å²) >= 11 is 0. The van der Waals surface area contributed by atoms with Crippen LogP contribution in [0, 0.1) is 28.6 Å². The van der Waals surface area contributed by atoms with Gasteiger partial charge < -0.3 is 15.0 Å². The van der Waals surface area contributed by atoms with E-state index in [1.165, 1.54) is 0 Å². The molecule has 1 aromatic rings. The van der Waals surface area contributed by atoms with Crippen LogP contribution in [0.5, 0.6) is 0 Å². The molecule has 2 heterocycles. The van der Waals surface area contributed by atoms with E-state index in [1.54, 1.807) is 4.68 Å². The number of hydrogen-bond acceptors (Lipinski definition) is 6. The van der Waals surface area contributed by atoms with Crippen molar-refractivity contribution in [3.05, 3.63) is 6.20 Å². The van der Waals surface area contributed by atoms with E-state index in [-0.39, 0.29) is 5.92 Å². The number of nitrogen functional groups attached to an aromatic ring is 1. The highest BCUT2D eigenvalue weighted by Crippen LogP contribution is 2.46. The minimum absolute atomic E-state index is 0.0379. The lowest BCUT2D eigenvalue weighted by Crippen LogP contribution is -2.46. The number of anilines is 1. The van der Waals surface area contributed by atoms with Gasteiger partial charge in [0.2, 0.25) is 0 Å². The zero-order chi connectivity index (χ0) is 17.8. The van der Waals surface area contributed by atoms with E-state index < -0.39 is 23.9 Å². The summed E-state index contributed by atoms with van der Waals surface area (Å²) in [5.74, 6) is 0.301. The largest absolute Gasteiger partial charge is 0.500 e. The second kappa shape index (κ2) is 5.24. The number of aromatic nitrogens is 2. The van der Waals surface area contributed by atoms with E-state index >= 15 is 0 Å². The summed E-state index contributed by atoms with van der Waals surface area (Å²) < 4.78 is 13.8. The predicted molar refractivity (Wildman–Crippen MR) is 88.9 cm³/mol. The molecule has 0 bridgehead atoms. The predicted octanol–water partition coefficient (Wildman–Crippen LogP) is 1.31. The molecule has 0 atom stereocenters. The van der Waals surface area contributed by atoms with Crippen molar-refractivity contribution in [3.63, 3.8) is 0 Å². The normalized spacial score (nSPS) is 30.4. The molecule has 1 saturated carbocycles. The van der Waals surface area contributed by atoms with Crippen molar-refractivity contribution in [3.8, 4) is 12.1 Å². The molecule has 0 radical (unpaired) electrons. The summed E-state index contributed by atoms with van der Waals surface area (Å²) in [4.78, 5) is 0. The average molecular weight is 327 g/mol. The fourth-order valence-electron chi connectivity index (χ4n) is 3.30. The molecule has 3 rings (SSSR count). The van der Waals surface area contributed by atoms with Crippen molar-refractivity contribution in [1.82, 2.24) is 9.78 Å². The Labute approximate surface area is 142 Å². The highest BCUT2D eigenvalue weighted by molar-refractivity contribution is 6.63. The van der Waals surface area contributed by atoms with Crippen LogP contribution in [0.15, 0.2) is 6.20 Å². The fourth-order valence-corrected chi connectivity index (χ4v) is 3.30. The van der Waals surface area contributed by atoms with Gasteiger partial charge in [-0.15, -0.1) is 0 Å². The van der Waals surface area contributed by atoms with E-state index in [9.17, 15) is 0 Å². The van der Waals surface area contributed by atoms with Gasteiger partial charge in [0.1, 0.15) is 5.82 Å². The Morgan fingerprint density at radius 1 is 1.29 bits per heavy atom. The van der Waals surface area contributed by atoms with Crippen LogP contribution in [0.25, 0.3) is 0 Å². The lowest BCUT2D eigenvalue weighted by Gasteiger charge is -2.43. The van der Waals surface area contributed by atoms with Gasteiger partial charge in [-0.05, 0) is 40.5 Å². The second-order valence-electron chi connectivity index (χ2n) is 7.80. The monoisotopic (exact) mass is 327 g/mol.